The zero-order chi connectivity index (χ0) is 11.2. The number of likely N-dealkylation sites (tertiary alicyclic amines) is 1. The van der Waals surface area contributed by atoms with E-state index in [2.05, 4.69) is 22.6 Å². The maximum Gasteiger partial charge on any atom is 0.00187 e. The lowest BCUT2D eigenvalue weighted by atomic mass is 9.96. The molecule has 0 aromatic rings. The molecule has 1 unspecified atom stereocenters. The van der Waals surface area contributed by atoms with Gasteiger partial charge in [-0.2, -0.15) is 0 Å². The molecule has 1 atom stereocenters. The number of nitrogens with zero attached hydrogens (tertiary/aromatic N) is 1. The van der Waals surface area contributed by atoms with Gasteiger partial charge in [0.05, 0.1) is 0 Å². The summed E-state index contributed by atoms with van der Waals surface area (Å²) in [7, 11) is 2.25. The molecule has 3 nitrogen and oxygen atoms in total. The average molecular weight is 225 g/mol. The number of piperidine rings is 2. The van der Waals surface area contributed by atoms with Gasteiger partial charge in [0.25, 0.3) is 0 Å². The Bertz CT molecular complexity index is 190. The summed E-state index contributed by atoms with van der Waals surface area (Å²) < 4.78 is 0. The lowest BCUT2D eigenvalue weighted by molar-refractivity contribution is 0.203. The van der Waals surface area contributed by atoms with E-state index in [0.717, 1.165) is 11.8 Å². The molecule has 0 aromatic heterocycles. The van der Waals surface area contributed by atoms with Crippen LogP contribution in [0.25, 0.3) is 0 Å². The van der Waals surface area contributed by atoms with E-state index < -0.39 is 0 Å². The summed E-state index contributed by atoms with van der Waals surface area (Å²) in [6.07, 6.45) is 5.52. The van der Waals surface area contributed by atoms with Crippen molar-refractivity contribution >= 4 is 0 Å². The summed E-state index contributed by atoms with van der Waals surface area (Å²) in [5, 5.41) is 7.12. The lowest BCUT2D eigenvalue weighted by Crippen LogP contribution is -2.39. The first-order chi connectivity index (χ1) is 7.84. The van der Waals surface area contributed by atoms with Crippen molar-refractivity contribution in [3.8, 4) is 0 Å². The van der Waals surface area contributed by atoms with Gasteiger partial charge in [0.1, 0.15) is 0 Å². The van der Waals surface area contributed by atoms with Gasteiger partial charge in [-0.15, -0.1) is 0 Å². The Labute approximate surface area is 100.0 Å². The first kappa shape index (κ1) is 12.3. The Morgan fingerprint density at radius 2 is 1.88 bits per heavy atom. The molecule has 0 aliphatic carbocycles. The minimum atomic E-state index is 0.889. The monoisotopic (exact) mass is 225 g/mol. The van der Waals surface area contributed by atoms with Crippen LogP contribution in [0.3, 0.4) is 0 Å². The number of nitrogens with one attached hydrogen (secondary N) is 2. The highest BCUT2D eigenvalue weighted by Gasteiger charge is 2.17. The highest BCUT2D eigenvalue weighted by Crippen LogP contribution is 2.15. The number of hydrogen-bond donors (Lipinski definition) is 2. The Morgan fingerprint density at radius 1 is 1.12 bits per heavy atom. The van der Waals surface area contributed by atoms with Crippen LogP contribution in [0.15, 0.2) is 0 Å². The normalized spacial score (nSPS) is 29.4. The molecular weight excluding hydrogens is 198 g/mol. The molecule has 0 aromatic carbocycles. The first-order valence-corrected chi connectivity index (χ1v) is 6.94. The van der Waals surface area contributed by atoms with Crippen molar-refractivity contribution in [2.75, 3.05) is 46.3 Å². The molecule has 3 heteroatoms. The van der Waals surface area contributed by atoms with Gasteiger partial charge in [-0.05, 0) is 77.3 Å². The predicted octanol–water partition coefficient (Wildman–Crippen LogP) is 0.917. The van der Waals surface area contributed by atoms with E-state index in [0.29, 0.717) is 0 Å². The Balaban J connectivity index is 1.56. The Hall–Kier alpha value is -0.120. The van der Waals surface area contributed by atoms with Crippen molar-refractivity contribution in [1.82, 2.24) is 15.5 Å². The molecule has 2 heterocycles. The predicted molar refractivity (Wildman–Crippen MR) is 68.7 cm³/mol. The zero-order valence-corrected chi connectivity index (χ0v) is 10.7. The minimum Gasteiger partial charge on any atom is -0.317 e. The second-order valence-corrected chi connectivity index (χ2v) is 5.62. The maximum absolute atomic E-state index is 3.69. The average Bonchev–Trinajstić information content (AvgIpc) is 2.30. The quantitative estimate of drug-likeness (QED) is 0.745. The van der Waals surface area contributed by atoms with E-state index in [1.165, 1.54) is 65.0 Å². The SMILES string of the molecule is CN1CCCC(CNCC2CCNCC2)C1. The Morgan fingerprint density at radius 3 is 2.62 bits per heavy atom. The van der Waals surface area contributed by atoms with Crippen LogP contribution in [0.5, 0.6) is 0 Å². The molecule has 0 saturated carbocycles. The van der Waals surface area contributed by atoms with Crippen LogP contribution in [-0.4, -0.2) is 51.2 Å². The fourth-order valence-electron chi connectivity index (χ4n) is 3.02. The molecule has 16 heavy (non-hydrogen) atoms. The van der Waals surface area contributed by atoms with Gasteiger partial charge in [0, 0.05) is 6.54 Å². The second-order valence-electron chi connectivity index (χ2n) is 5.62. The second kappa shape index (κ2) is 6.58. The summed E-state index contributed by atoms with van der Waals surface area (Å²) in [5.74, 6) is 1.81. The van der Waals surface area contributed by atoms with Crippen molar-refractivity contribution in [3.63, 3.8) is 0 Å². The summed E-state index contributed by atoms with van der Waals surface area (Å²) in [4.78, 5) is 2.47. The molecule has 2 aliphatic rings. The molecule has 2 saturated heterocycles. The highest BCUT2D eigenvalue weighted by atomic mass is 15.1. The van der Waals surface area contributed by atoms with Gasteiger partial charge in [0.2, 0.25) is 0 Å². The fraction of sp³-hybridized carbons (Fsp3) is 1.00. The van der Waals surface area contributed by atoms with Crippen LogP contribution in [0.2, 0.25) is 0 Å². The summed E-state index contributed by atoms with van der Waals surface area (Å²) in [6.45, 7) is 7.50. The summed E-state index contributed by atoms with van der Waals surface area (Å²) >= 11 is 0. The van der Waals surface area contributed by atoms with Crippen molar-refractivity contribution in [1.29, 1.82) is 0 Å². The van der Waals surface area contributed by atoms with Gasteiger partial charge < -0.3 is 15.5 Å². The molecule has 0 radical (unpaired) electrons. The Kier molecular flexibility index (Phi) is 5.07. The van der Waals surface area contributed by atoms with Crippen molar-refractivity contribution in [2.24, 2.45) is 11.8 Å². The molecule has 0 spiro atoms. The van der Waals surface area contributed by atoms with E-state index >= 15 is 0 Å². The van der Waals surface area contributed by atoms with E-state index in [4.69, 9.17) is 0 Å². The largest absolute Gasteiger partial charge is 0.317 e. The molecule has 0 bridgehead atoms. The maximum atomic E-state index is 3.69. The van der Waals surface area contributed by atoms with Crippen LogP contribution in [0.1, 0.15) is 25.7 Å². The third-order valence-electron chi connectivity index (χ3n) is 4.05. The molecule has 2 fully saturated rings. The van der Waals surface area contributed by atoms with Crippen molar-refractivity contribution < 1.29 is 0 Å². The molecular formula is C13H27N3. The smallest absolute Gasteiger partial charge is 0.00187 e. The summed E-state index contributed by atoms with van der Waals surface area (Å²) in [5.41, 5.74) is 0. The van der Waals surface area contributed by atoms with Crippen LogP contribution in [0.4, 0.5) is 0 Å². The van der Waals surface area contributed by atoms with Gasteiger partial charge >= 0.3 is 0 Å². The lowest BCUT2D eigenvalue weighted by Gasteiger charge is -2.30. The van der Waals surface area contributed by atoms with E-state index in [-0.39, 0.29) is 0 Å². The van der Waals surface area contributed by atoms with Crippen LogP contribution in [0, 0.1) is 11.8 Å². The molecule has 0 amide bonds. The molecule has 94 valence electrons. The van der Waals surface area contributed by atoms with Gasteiger partial charge in [-0.1, -0.05) is 0 Å². The third kappa shape index (κ3) is 4.04. The van der Waals surface area contributed by atoms with Crippen molar-refractivity contribution in [2.45, 2.75) is 25.7 Å². The number of hydrogen-bond acceptors (Lipinski definition) is 3. The molecule has 2 rings (SSSR count). The molecule has 2 aliphatic heterocycles. The first-order valence-electron chi connectivity index (χ1n) is 6.94. The van der Waals surface area contributed by atoms with Crippen LogP contribution in [-0.2, 0) is 0 Å². The standard InChI is InChI=1S/C13H27N3/c1-16-8-2-3-13(11-16)10-15-9-12-4-6-14-7-5-12/h12-15H,2-11H2,1H3. The summed E-state index contributed by atoms with van der Waals surface area (Å²) in [6, 6.07) is 0. The topological polar surface area (TPSA) is 27.3 Å². The number of rotatable bonds is 4. The van der Waals surface area contributed by atoms with Gasteiger partial charge in [-0.25, -0.2) is 0 Å². The van der Waals surface area contributed by atoms with E-state index in [9.17, 15) is 0 Å². The van der Waals surface area contributed by atoms with Crippen molar-refractivity contribution in [3.05, 3.63) is 0 Å². The highest BCUT2D eigenvalue weighted by molar-refractivity contribution is 4.75. The zero-order valence-electron chi connectivity index (χ0n) is 10.7. The van der Waals surface area contributed by atoms with E-state index in [1.807, 2.05) is 0 Å². The van der Waals surface area contributed by atoms with E-state index in [1.54, 1.807) is 0 Å². The molecule has 2 N–H and O–H groups in total. The third-order valence-corrected chi connectivity index (χ3v) is 4.05. The van der Waals surface area contributed by atoms with Gasteiger partial charge in [0.15, 0.2) is 0 Å². The van der Waals surface area contributed by atoms with Gasteiger partial charge in [-0.3, -0.25) is 0 Å². The minimum absolute atomic E-state index is 0.889. The fourth-order valence-corrected chi connectivity index (χ4v) is 3.02. The van der Waals surface area contributed by atoms with Crippen LogP contribution < -0.4 is 10.6 Å². The van der Waals surface area contributed by atoms with Crippen LogP contribution >= 0.6 is 0 Å².